The molecule has 0 saturated carbocycles. The number of nitrogens with zero attached hydrogens (tertiary/aromatic N) is 1. The highest BCUT2D eigenvalue weighted by molar-refractivity contribution is 5.93. The second kappa shape index (κ2) is 9.75. The molecule has 0 aliphatic heterocycles. The first-order valence-corrected chi connectivity index (χ1v) is 12.3. The summed E-state index contributed by atoms with van der Waals surface area (Å²) in [5.74, 6) is -1.42. The van der Waals surface area contributed by atoms with E-state index >= 15 is 0 Å². The van der Waals surface area contributed by atoms with Crippen LogP contribution in [0.3, 0.4) is 0 Å². The Morgan fingerprint density at radius 3 is 1.92 bits per heavy atom. The van der Waals surface area contributed by atoms with Crippen molar-refractivity contribution in [2.45, 2.75) is 84.6 Å². The van der Waals surface area contributed by atoms with Crippen LogP contribution in [0.2, 0.25) is 0 Å². The number of amides is 2. The fourth-order valence-corrected chi connectivity index (χ4v) is 4.18. The molecule has 3 rings (SSSR count). The monoisotopic (exact) mass is 533 g/mol. The Morgan fingerprint density at radius 1 is 0.789 bits per heavy atom. The Bertz CT molecular complexity index is 1370. The predicted octanol–water partition coefficient (Wildman–Crippen LogP) is 6.57. The molecular formula is C29H35F4N3O2. The minimum Gasteiger partial charge on any atom is -0.351 e. The number of fused-ring (bicyclic) bond motifs is 1. The molecule has 0 radical (unpaired) electrons. The zero-order valence-electron chi connectivity index (χ0n) is 23.0. The molecule has 2 amide bonds. The number of benzene rings is 2. The van der Waals surface area contributed by atoms with E-state index in [-0.39, 0.29) is 29.6 Å². The number of nitrogens with one attached hydrogen (secondary N) is 2. The molecule has 0 saturated heterocycles. The van der Waals surface area contributed by atoms with Crippen LogP contribution in [0, 0.1) is 5.82 Å². The highest BCUT2D eigenvalue weighted by Crippen LogP contribution is 2.37. The van der Waals surface area contributed by atoms with Gasteiger partial charge >= 0.3 is 6.18 Å². The zero-order valence-corrected chi connectivity index (χ0v) is 23.0. The van der Waals surface area contributed by atoms with Gasteiger partial charge in [-0.3, -0.25) is 9.59 Å². The highest BCUT2D eigenvalue weighted by Gasteiger charge is 2.34. The number of alkyl halides is 3. The zero-order chi connectivity index (χ0) is 28.8. The van der Waals surface area contributed by atoms with Gasteiger partial charge in [0.25, 0.3) is 0 Å². The molecule has 5 nitrogen and oxygen atoms in total. The second-order valence-corrected chi connectivity index (χ2v) is 12.2. The van der Waals surface area contributed by atoms with Gasteiger partial charge in [0, 0.05) is 27.5 Å². The van der Waals surface area contributed by atoms with E-state index in [2.05, 4.69) is 10.6 Å². The maximum absolute atomic E-state index is 15.0. The summed E-state index contributed by atoms with van der Waals surface area (Å²) in [4.78, 5) is 25.9. The Labute approximate surface area is 220 Å². The summed E-state index contributed by atoms with van der Waals surface area (Å²) in [6.45, 7) is 14.4. The largest absolute Gasteiger partial charge is 0.416 e. The Hall–Kier alpha value is -3.36. The van der Waals surface area contributed by atoms with Crippen molar-refractivity contribution in [2.75, 3.05) is 0 Å². The minimum absolute atomic E-state index is 0.127. The van der Waals surface area contributed by atoms with Crippen molar-refractivity contribution >= 4 is 22.7 Å². The van der Waals surface area contributed by atoms with Gasteiger partial charge in [-0.2, -0.15) is 13.2 Å². The third-order valence-electron chi connectivity index (χ3n) is 6.06. The van der Waals surface area contributed by atoms with Gasteiger partial charge in [0.05, 0.1) is 16.7 Å². The lowest BCUT2D eigenvalue weighted by atomic mass is 9.82. The van der Waals surface area contributed by atoms with Crippen LogP contribution in [-0.2, 0) is 27.7 Å². The molecule has 0 spiro atoms. The summed E-state index contributed by atoms with van der Waals surface area (Å²) < 4.78 is 56.8. The number of halogens is 4. The fraction of sp³-hybridized carbons (Fsp3) is 0.448. The Morgan fingerprint density at radius 2 is 1.37 bits per heavy atom. The van der Waals surface area contributed by atoms with Crippen molar-refractivity contribution in [1.29, 1.82) is 0 Å². The molecule has 0 fully saturated rings. The van der Waals surface area contributed by atoms with Gasteiger partial charge in [0.2, 0.25) is 11.8 Å². The van der Waals surface area contributed by atoms with Gasteiger partial charge < -0.3 is 15.2 Å². The second-order valence-electron chi connectivity index (χ2n) is 12.2. The third-order valence-corrected chi connectivity index (χ3v) is 6.06. The minimum atomic E-state index is -4.67. The SMILES string of the molecule is CC(C)(C)NC(=O)Cn1c(-c2cc(C(F)(F)F)ccc2F)cc2cc(C(C)(C)C(=O)NC(C)(C)C)ccc21. The first kappa shape index (κ1) is 29.2. The van der Waals surface area contributed by atoms with E-state index in [4.69, 9.17) is 0 Å². The molecular weight excluding hydrogens is 498 g/mol. The number of hydrogen-bond acceptors (Lipinski definition) is 2. The van der Waals surface area contributed by atoms with Crippen LogP contribution >= 0.6 is 0 Å². The maximum Gasteiger partial charge on any atom is 0.416 e. The van der Waals surface area contributed by atoms with E-state index in [1.54, 1.807) is 38.1 Å². The fourth-order valence-electron chi connectivity index (χ4n) is 4.18. The van der Waals surface area contributed by atoms with Crippen LogP contribution in [-0.4, -0.2) is 27.5 Å². The van der Waals surface area contributed by atoms with Crippen molar-refractivity contribution in [3.63, 3.8) is 0 Å². The number of carbonyl (C=O) groups excluding carboxylic acids is 2. The Kier molecular flexibility index (Phi) is 7.49. The van der Waals surface area contributed by atoms with Crippen molar-refractivity contribution in [2.24, 2.45) is 0 Å². The van der Waals surface area contributed by atoms with Crippen LogP contribution in [0.1, 0.15) is 66.5 Å². The summed E-state index contributed by atoms with van der Waals surface area (Å²) in [7, 11) is 0. The highest BCUT2D eigenvalue weighted by atomic mass is 19.4. The van der Waals surface area contributed by atoms with Crippen LogP contribution in [0.15, 0.2) is 42.5 Å². The quantitative estimate of drug-likeness (QED) is 0.364. The van der Waals surface area contributed by atoms with E-state index < -0.39 is 34.0 Å². The molecule has 0 aliphatic rings. The number of hydrogen-bond donors (Lipinski definition) is 2. The van der Waals surface area contributed by atoms with Gasteiger partial charge in [-0.15, -0.1) is 0 Å². The first-order chi connectivity index (χ1) is 17.2. The molecule has 1 aromatic heterocycles. The first-order valence-electron chi connectivity index (χ1n) is 12.3. The lowest BCUT2D eigenvalue weighted by Gasteiger charge is -2.30. The molecule has 3 aromatic rings. The molecule has 0 unspecified atom stereocenters. The third kappa shape index (κ3) is 6.55. The van der Waals surface area contributed by atoms with Crippen molar-refractivity contribution < 1.29 is 27.2 Å². The Balaban J connectivity index is 2.21. The number of carbonyl (C=O) groups is 2. The van der Waals surface area contributed by atoms with Gasteiger partial charge in [0.1, 0.15) is 12.4 Å². The smallest absolute Gasteiger partial charge is 0.351 e. The molecule has 0 aliphatic carbocycles. The summed E-state index contributed by atoms with van der Waals surface area (Å²) in [5.41, 5.74) is -1.88. The molecule has 0 atom stereocenters. The van der Waals surface area contributed by atoms with Crippen molar-refractivity contribution in [1.82, 2.24) is 15.2 Å². The number of aromatic nitrogens is 1. The molecule has 9 heteroatoms. The topological polar surface area (TPSA) is 63.1 Å². The van der Waals surface area contributed by atoms with Gasteiger partial charge in [-0.1, -0.05) is 6.07 Å². The van der Waals surface area contributed by atoms with E-state index in [9.17, 15) is 27.2 Å². The summed E-state index contributed by atoms with van der Waals surface area (Å²) >= 11 is 0. The van der Waals surface area contributed by atoms with Gasteiger partial charge in [-0.25, -0.2) is 4.39 Å². The van der Waals surface area contributed by atoms with E-state index in [0.717, 1.165) is 12.1 Å². The molecule has 38 heavy (non-hydrogen) atoms. The molecule has 2 aromatic carbocycles. The molecule has 206 valence electrons. The van der Waals surface area contributed by atoms with Gasteiger partial charge in [0.15, 0.2) is 0 Å². The van der Waals surface area contributed by atoms with Crippen molar-refractivity contribution in [3.8, 4) is 11.3 Å². The lowest BCUT2D eigenvalue weighted by Crippen LogP contribution is -2.48. The lowest BCUT2D eigenvalue weighted by molar-refractivity contribution is -0.137. The van der Waals surface area contributed by atoms with E-state index in [1.807, 2.05) is 41.5 Å². The summed E-state index contributed by atoms with van der Waals surface area (Å²) in [6, 6.07) is 8.98. The van der Waals surface area contributed by atoms with Gasteiger partial charge in [-0.05, 0) is 97.4 Å². The molecule has 1 heterocycles. The van der Waals surface area contributed by atoms with E-state index in [1.165, 1.54) is 4.57 Å². The number of rotatable bonds is 5. The predicted molar refractivity (Wildman–Crippen MR) is 141 cm³/mol. The van der Waals surface area contributed by atoms with Crippen LogP contribution in [0.4, 0.5) is 17.6 Å². The molecule has 2 N–H and O–H groups in total. The standard InChI is InChI=1S/C29H35F4N3O2/c1-26(2,3)34-24(37)16-36-22-12-10-18(28(7,8)25(38)35-27(4,5)6)13-17(22)14-23(36)20-15-19(29(31,32)33)9-11-21(20)30/h9-15H,16H2,1-8H3,(H,34,37)(H,35,38). The average molecular weight is 534 g/mol. The summed E-state index contributed by atoms with van der Waals surface area (Å²) in [6.07, 6.45) is -4.67. The summed E-state index contributed by atoms with van der Waals surface area (Å²) in [5, 5.41) is 6.37. The van der Waals surface area contributed by atoms with Crippen LogP contribution in [0.5, 0.6) is 0 Å². The van der Waals surface area contributed by atoms with Crippen LogP contribution in [0.25, 0.3) is 22.2 Å². The van der Waals surface area contributed by atoms with Crippen LogP contribution < -0.4 is 10.6 Å². The molecule has 0 bridgehead atoms. The van der Waals surface area contributed by atoms with E-state index in [0.29, 0.717) is 22.5 Å². The average Bonchev–Trinajstić information content (AvgIpc) is 3.07. The maximum atomic E-state index is 15.0. The van der Waals surface area contributed by atoms with Crippen molar-refractivity contribution in [3.05, 3.63) is 59.4 Å². The normalized spacial score (nSPS) is 13.1.